The van der Waals surface area contributed by atoms with Gasteiger partial charge in [-0.3, -0.25) is 9.59 Å². The van der Waals surface area contributed by atoms with Gasteiger partial charge in [0.2, 0.25) is 5.91 Å². The Balaban J connectivity index is 2.47. The third kappa shape index (κ3) is 4.66. The molecule has 0 aromatic heterocycles. The fourth-order valence-electron chi connectivity index (χ4n) is 2.41. The van der Waals surface area contributed by atoms with Crippen LogP contribution >= 0.6 is 11.8 Å². The lowest BCUT2D eigenvalue weighted by atomic mass is 9.94. The molecule has 1 aliphatic carbocycles. The minimum atomic E-state index is -1.03. The van der Waals surface area contributed by atoms with Gasteiger partial charge in [-0.2, -0.15) is 0 Å². The Morgan fingerprint density at radius 3 is 2.40 bits per heavy atom. The van der Waals surface area contributed by atoms with Crippen molar-refractivity contribution in [3.05, 3.63) is 0 Å². The van der Waals surface area contributed by atoms with Crippen LogP contribution in [0.3, 0.4) is 0 Å². The Hall–Kier alpha value is -0.750. The molecule has 1 saturated carbocycles. The first-order valence-corrected chi connectivity index (χ1v) is 8.12. The molecule has 1 fully saturated rings. The summed E-state index contributed by atoms with van der Waals surface area (Å²) in [5.74, 6) is -0.691. The molecule has 116 valence electrons. The average molecular weight is 302 g/mol. The van der Waals surface area contributed by atoms with E-state index >= 15 is 0 Å². The average Bonchev–Trinajstić information content (AvgIpc) is 2.44. The number of nitrogens with zero attached hydrogens (tertiary/aromatic N) is 1. The van der Waals surface area contributed by atoms with Crippen LogP contribution in [0.4, 0.5) is 0 Å². The maximum absolute atomic E-state index is 12.2. The molecule has 1 atom stereocenters. The monoisotopic (exact) mass is 302 g/mol. The molecule has 0 bridgehead atoms. The highest BCUT2D eigenvalue weighted by Gasteiger charge is 2.34. The predicted octanol–water partition coefficient (Wildman–Crippen LogP) is 1.70. The molecule has 0 heterocycles. The van der Waals surface area contributed by atoms with Gasteiger partial charge in [0.05, 0.1) is 5.75 Å². The van der Waals surface area contributed by atoms with Gasteiger partial charge in [-0.05, 0) is 26.7 Å². The number of carboxylic acid groups (broad SMARTS) is 1. The lowest BCUT2D eigenvalue weighted by molar-refractivity contribution is -0.139. The SMILES string of the molecule is CN(C(=O)CSC(C)(C)[C@H](N)C(=O)O)C1CCCCC1. The standard InChI is InChI=1S/C14H26N2O3S/c1-14(2,12(15)13(18)19)20-9-11(17)16(3)10-7-5-4-6-8-10/h10,12H,4-9,15H2,1-3H3,(H,18,19)/t12-/m1/s1. The smallest absolute Gasteiger partial charge is 0.321 e. The first kappa shape index (κ1) is 17.3. The van der Waals surface area contributed by atoms with Crippen molar-refractivity contribution in [2.24, 2.45) is 5.73 Å². The predicted molar refractivity (Wildman–Crippen MR) is 81.8 cm³/mol. The molecule has 20 heavy (non-hydrogen) atoms. The van der Waals surface area contributed by atoms with Crippen molar-refractivity contribution in [2.75, 3.05) is 12.8 Å². The minimum absolute atomic E-state index is 0.0626. The summed E-state index contributed by atoms with van der Waals surface area (Å²) in [7, 11) is 1.85. The number of nitrogens with two attached hydrogens (primary N) is 1. The summed E-state index contributed by atoms with van der Waals surface area (Å²) in [6.45, 7) is 3.54. The zero-order valence-corrected chi connectivity index (χ0v) is 13.4. The summed E-state index contributed by atoms with van der Waals surface area (Å²) in [4.78, 5) is 25.0. The number of carboxylic acids is 1. The number of hydrogen-bond donors (Lipinski definition) is 2. The molecule has 5 nitrogen and oxygen atoms in total. The number of carbonyl (C=O) groups excluding carboxylic acids is 1. The van der Waals surface area contributed by atoms with Crippen LogP contribution in [-0.2, 0) is 9.59 Å². The molecular weight excluding hydrogens is 276 g/mol. The van der Waals surface area contributed by atoms with Crippen molar-refractivity contribution in [1.29, 1.82) is 0 Å². The van der Waals surface area contributed by atoms with E-state index in [-0.39, 0.29) is 11.7 Å². The van der Waals surface area contributed by atoms with E-state index in [1.54, 1.807) is 13.8 Å². The van der Waals surface area contributed by atoms with Crippen LogP contribution in [0, 0.1) is 0 Å². The molecule has 6 heteroatoms. The maximum atomic E-state index is 12.2. The molecule has 0 spiro atoms. The highest BCUT2D eigenvalue weighted by molar-refractivity contribution is 8.01. The van der Waals surface area contributed by atoms with Crippen molar-refractivity contribution in [1.82, 2.24) is 4.90 Å². The number of carbonyl (C=O) groups is 2. The normalized spacial score (nSPS) is 18.6. The number of aliphatic carboxylic acids is 1. The Bertz CT molecular complexity index is 354. The van der Waals surface area contributed by atoms with Gasteiger partial charge in [0.1, 0.15) is 6.04 Å². The van der Waals surface area contributed by atoms with Crippen LogP contribution in [-0.4, -0.2) is 51.5 Å². The van der Waals surface area contributed by atoms with Crippen LogP contribution in [0.25, 0.3) is 0 Å². The molecule has 0 saturated heterocycles. The minimum Gasteiger partial charge on any atom is -0.480 e. The maximum Gasteiger partial charge on any atom is 0.321 e. The second-order valence-electron chi connectivity index (χ2n) is 6.00. The van der Waals surface area contributed by atoms with Crippen molar-refractivity contribution in [2.45, 2.75) is 62.8 Å². The van der Waals surface area contributed by atoms with E-state index in [1.807, 2.05) is 11.9 Å². The lowest BCUT2D eigenvalue weighted by Gasteiger charge is -2.33. The third-order valence-corrected chi connectivity index (χ3v) is 5.49. The van der Waals surface area contributed by atoms with Gasteiger partial charge in [-0.25, -0.2) is 0 Å². The molecule has 1 rings (SSSR count). The topological polar surface area (TPSA) is 83.6 Å². The van der Waals surface area contributed by atoms with Gasteiger partial charge in [0, 0.05) is 17.8 Å². The summed E-state index contributed by atoms with van der Waals surface area (Å²) in [6.07, 6.45) is 5.78. The highest BCUT2D eigenvalue weighted by atomic mass is 32.2. The summed E-state index contributed by atoms with van der Waals surface area (Å²) < 4.78 is -0.658. The third-order valence-electron chi connectivity index (χ3n) is 4.10. The van der Waals surface area contributed by atoms with E-state index in [4.69, 9.17) is 10.8 Å². The fraction of sp³-hybridized carbons (Fsp3) is 0.857. The van der Waals surface area contributed by atoms with Crippen LogP contribution in [0.5, 0.6) is 0 Å². The van der Waals surface area contributed by atoms with Crippen molar-refractivity contribution in [3.63, 3.8) is 0 Å². The van der Waals surface area contributed by atoms with Gasteiger partial charge in [-0.15, -0.1) is 11.8 Å². The van der Waals surface area contributed by atoms with Crippen molar-refractivity contribution >= 4 is 23.6 Å². The quantitative estimate of drug-likeness (QED) is 0.780. The lowest BCUT2D eigenvalue weighted by Crippen LogP contribution is -2.48. The van der Waals surface area contributed by atoms with E-state index in [2.05, 4.69) is 0 Å². The first-order chi connectivity index (χ1) is 9.25. The van der Waals surface area contributed by atoms with Crippen LogP contribution in [0.15, 0.2) is 0 Å². The van der Waals surface area contributed by atoms with E-state index in [0.717, 1.165) is 12.8 Å². The molecule has 1 aliphatic rings. The number of rotatable bonds is 6. The van der Waals surface area contributed by atoms with E-state index in [9.17, 15) is 9.59 Å². The summed E-state index contributed by atoms with van der Waals surface area (Å²) in [5.41, 5.74) is 5.65. The van der Waals surface area contributed by atoms with Crippen LogP contribution in [0.1, 0.15) is 46.0 Å². The Morgan fingerprint density at radius 1 is 1.35 bits per heavy atom. The van der Waals surface area contributed by atoms with Crippen LogP contribution < -0.4 is 5.73 Å². The number of hydrogen-bond acceptors (Lipinski definition) is 4. The second-order valence-corrected chi connectivity index (χ2v) is 7.63. The Morgan fingerprint density at radius 2 is 1.90 bits per heavy atom. The molecule has 3 N–H and O–H groups in total. The molecule has 0 unspecified atom stereocenters. The zero-order chi connectivity index (χ0) is 15.3. The van der Waals surface area contributed by atoms with E-state index < -0.39 is 16.8 Å². The van der Waals surface area contributed by atoms with Gasteiger partial charge >= 0.3 is 5.97 Å². The fourth-order valence-corrected chi connectivity index (χ4v) is 3.39. The summed E-state index contributed by atoms with van der Waals surface area (Å²) in [5, 5.41) is 8.96. The summed E-state index contributed by atoms with van der Waals surface area (Å²) >= 11 is 1.32. The van der Waals surface area contributed by atoms with Gasteiger partial charge in [0.15, 0.2) is 0 Å². The first-order valence-electron chi connectivity index (χ1n) is 7.13. The molecule has 0 aromatic rings. The van der Waals surface area contributed by atoms with Crippen LogP contribution in [0.2, 0.25) is 0 Å². The van der Waals surface area contributed by atoms with E-state index in [1.165, 1.54) is 31.0 Å². The Kier molecular flexibility index (Phi) is 6.33. The van der Waals surface area contributed by atoms with Crippen molar-refractivity contribution < 1.29 is 14.7 Å². The molecule has 0 aliphatic heterocycles. The largest absolute Gasteiger partial charge is 0.480 e. The number of thioether (sulfide) groups is 1. The van der Waals surface area contributed by atoms with Crippen molar-refractivity contribution in [3.8, 4) is 0 Å². The van der Waals surface area contributed by atoms with Gasteiger partial charge in [0.25, 0.3) is 0 Å². The molecule has 0 aromatic carbocycles. The van der Waals surface area contributed by atoms with E-state index in [0.29, 0.717) is 6.04 Å². The molecule has 1 amide bonds. The summed E-state index contributed by atoms with van der Waals surface area (Å²) in [6, 6.07) is -0.631. The number of amides is 1. The second kappa shape index (κ2) is 7.31. The molecular formula is C14H26N2O3S. The molecule has 0 radical (unpaired) electrons. The Labute approximate surface area is 125 Å². The zero-order valence-electron chi connectivity index (χ0n) is 12.6. The highest BCUT2D eigenvalue weighted by Crippen LogP contribution is 2.28. The van der Waals surface area contributed by atoms with Gasteiger partial charge in [-0.1, -0.05) is 19.3 Å². The van der Waals surface area contributed by atoms with Gasteiger partial charge < -0.3 is 15.7 Å².